The van der Waals surface area contributed by atoms with Crippen LogP contribution in [-0.2, 0) is 75.2 Å². The summed E-state index contributed by atoms with van der Waals surface area (Å²) in [5.41, 5.74) is 0. The van der Waals surface area contributed by atoms with Crippen molar-refractivity contribution in [3.63, 3.8) is 0 Å². The standard InChI is InChI=1S/C68H129NO21P2/c1-7-11-15-19-22-25-26-27-28-29-30-32-34-38-42-46-60(72)89-66-65(83-49-47-56(81-6)45-41-36-18-14-10-4)63(90-92(77,78)79)58(53-80-5)88-68(66)85-54-57-62(73)64(82-48-43-39-35-24-21-17-13-9-3)61(67(87-57)84-50-51-86-91(74,75)76)69-59(71)52-55(70)44-40-37-33-31-23-20-16-12-8-2/h25-26,56-58,61-68,73H,7-24,27-54H2,1-6H3,(H,69,71)(H2,74,75,76)(H2,77,78,79)/t56-,57-,58-,61-,62-,63-,64-,65+,66-,67+,68-/m1/s1. The smallest absolute Gasteiger partial charge is 0.454 e. The maximum Gasteiger partial charge on any atom is 0.470 e. The number of hydrogen-bond donors (Lipinski definition) is 6. The molecule has 2 heterocycles. The normalized spacial score (nSPS) is 22.5. The Hall–Kier alpha value is -1.79. The van der Waals surface area contributed by atoms with Crippen LogP contribution in [0.5, 0.6) is 0 Å². The maximum absolute atomic E-state index is 14.1. The van der Waals surface area contributed by atoms with Crippen molar-refractivity contribution in [2.75, 3.05) is 53.9 Å². The zero-order valence-corrected chi connectivity index (χ0v) is 59.5. The number of aliphatic hydroxyl groups is 1. The van der Waals surface area contributed by atoms with Gasteiger partial charge in [0.25, 0.3) is 0 Å². The minimum atomic E-state index is -5.29. The highest BCUT2D eigenvalue weighted by atomic mass is 31.2. The molecule has 2 rings (SSSR count). The number of unbranched alkanes of at least 4 members (excludes halogenated alkanes) is 30. The fourth-order valence-electron chi connectivity index (χ4n) is 11.8. The van der Waals surface area contributed by atoms with Gasteiger partial charge in [-0.15, -0.1) is 0 Å². The third-order valence-corrected chi connectivity index (χ3v) is 18.1. The number of carbonyl (C=O) groups is 3. The highest BCUT2D eigenvalue weighted by Crippen LogP contribution is 2.43. The molecule has 0 aliphatic carbocycles. The second kappa shape index (κ2) is 55.1. The van der Waals surface area contributed by atoms with E-state index in [1.54, 1.807) is 7.11 Å². The molecule has 6 N–H and O–H groups in total. The van der Waals surface area contributed by atoms with Crippen molar-refractivity contribution < 1.29 is 99.9 Å². The molecule has 0 bridgehead atoms. The molecule has 22 nitrogen and oxygen atoms in total. The number of phosphoric ester groups is 2. The number of ether oxygens (including phenoxy) is 9. The Morgan fingerprint density at radius 2 is 0.989 bits per heavy atom. The second-order valence-electron chi connectivity index (χ2n) is 25.3. The number of rotatable bonds is 62. The first-order valence-corrected chi connectivity index (χ1v) is 39.0. The zero-order valence-electron chi connectivity index (χ0n) is 57.7. The van der Waals surface area contributed by atoms with Crippen LogP contribution in [0.2, 0.25) is 0 Å². The Bertz CT molecular complexity index is 1950. The predicted octanol–water partition coefficient (Wildman–Crippen LogP) is 14.1. The number of aliphatic hydroxyl groups excluding tert-OH is 1. The van der Waals surface area contributed by atoms with Crippen LogP contribution in [0.4, 0.5) is 0 Å². The summed E-state index contributed by atoms with van der Waals surface area (Å²) in [7, 11) is -7.25. The molecular weight excluding hydrogens is 1230 g/mol. The first kappa shape index (κ1) is 86.3. The fourth-order valence-corrected chi connectivity index (χ4v) is 12.7. The van der Waals surface area contributed by atoms with Crippen LogP contribution >= 0.6 is 15.6 Å². The molecule has 24 heteroatoms. The van der Waals surface area contributed by atoms with Crippen molar-refractivity contribution in [1.82, 2.24) is 5.32 Å². The lowest BCUT2D eigenvalue weighted by Gasteiger charge is -2.47. The van der Waals surface area contributed by atoms with Crippen LogP contribution in [0.15, 0.2) is 12.2 Å². The number of phosphoric acid groups is 2. The van der Waals surface area contributed by atoms with Gasteiger partial charge in [-0.3, -0.25) is 23.4 Å². The predicted molar refractivity (Wildman–Crippen MR) is 356 cm³/mol. The van der Waals surface area contributed by atoms with Crippen LogP contribution in [0.1, 0.15) is 285 Å². The highest BCUT2D eigenvalue weighted by molar-refractivity contribution is 7.46. The molecule has 0 aromatic carbocycles. The molecule has 92 heavy (non-hydrogen) atoms. The van der Waals surface area contributed by atoms with Crippen LogP contribution in [0.25, 0.3) is 0 Å². The molecule has 542 valence electrons. The third kappa shape index (κ3) is 42.8. The van der Waals surface area contributed by atoms with Crippen molar-refractivity contribution in [1.29, 1.82) is 0 Å². The van der Waals surface area contributed by atoms with Crippen molar-refractivity contribution in [2.24, 2.45) is 0 Å². The van der Waals surface area contributed by atoms with Gasteiger partial charge in [0.15, 0.2) is 18.7 Å². The molecule has 2 fully saturated rings. The number of allylic oxidation sites excluding steroid dienone is 2. The molecule has 0 saturated carbocycles. The van der Waals surface area contributed by atoms with Crippen molar-refractivity contribution in [2.45, 2.75) is 352 Å². The molecule has 0 aromatic heterocycles. The van der Waals surface area contributed by atoms with Crippen molar-refractivity contribution >= 4 is 33.3 Å². The van der Waals surface area contributed by atoms with Gasteiger partial charge >= 0.3 is 21.6 Å². The van der Waals surface area contributed by atoms with E-state index in [0.29, 0.717) is 25.7 Å². The molecular formula is C68H129NO21P2. The van der Waals surface area contributed by atoms with Gasteiger partial charge in [0, 0.05) is 40.3 Å². The number of nitrogens with one attached hydrogen (secondary N) is 1. The molecule has 0 unspecified atom stereocenters. The lowest BCUT2D eigenvalue weighted by Crippen LogP contribution is -2.66. The van der Waals surface area contributed by atoms with Gasteiger partial charge in [0.2, 0.25) is 5.91 Å². The van der Waals surface area contributed by atoms with Crippen LogP contribution in [0.3, 0.4) is 0 Å². The first-order valence-electron chi connectivity index (χ1n) is 36.0. The summed E-state index contributed by atoms with van der Waals surface area (Å²) < 4.78 is 90.6. The number of esters is 1. The topological polar surface area (TPSA) is 300 Å². The van der Waals surface area contributed by atoms with Gasteiger partial charge in [0.05, 0.1) is 39.0 Å². The molecule has 0 radical (unpaired) electrons. The molecule has 2 saturated heterocycles. The number of Topliss-reactive ketones (excluding diaryl/α,β-unsaturated/α-hetero) is 1. The van der Waals surface area contributed by atoms with E-state index in [0.717, 1.165) is 154 Å². The lowest BCUT2D eigenvalue weighted by atomic mass is 9.95. The van der Waals surface area contributed by atoms with Gasteiger partial charge in [-0.25, -0.2) is 9.13 Å². The molecule has 0 spiro atoms. The second-order valence-corrected chi connectivity index (χ2v) is 27.7. The number of carbonyl (C=O) groups excluding carboxylic acids is 3. The van der Waals surface area contributed by atoms with E-state index in [1.165, 1.54) is 64.9 Å². The van der Waals surface area contributed by atoms with E-state index in [2.05, 4.69) is 49.7 Å². The zero-order chi connectivity index (χ0) is 67.5. The van der Waals surface area contributed by atoms with Gasteiger partial charge < -0.3 is 72.6 Å². The summed E-state index contributed by atoms with van der Waals surface area (Å²) in [4.78, 5) is 80.9. The average Bonchev–Trinajstić information content (AvgIpc) is 1.36. The Balaban J connectivity index is 2.50. The molecule has 1 amide bonds. The van der Waals surface area contributed by atoms with Gasteiger partial charge in [0.1, 0.15) is 48.4 Å². The lowest BCUT2D eigenvalue weighted by molar-refractivity contribution is -0.327. The molecule has 2 aliphatic rings. The summed E-state index contributed by atoms with van der Waals surface area (Å²) in [5.74, 6) is -1.59. The quantitative estimate of drug-likeness (QED) is 0.0108. The van der Waals surface area contributed by atoms with Gasteiger partial charge in [-0.2, -0.15) is 0 Å². The van der Waals surface area contributed by atoms with Crippen LogP contribution in [0, 0.1) is 0 Å². The van der Waals surface area contributed by atoms with Crippen molar-refractivity contribution in [3.05, 3.63) is 12.2 Å². The number of hydrogen-bond acceptors (Lipinski definition) is 17. The molecule has 11 atom stereocenters. The maximum atomic E-state index is 14.1. The van der Waals surface area contributed by atoms with Gasteiger partial charge in [-0.1, -0.05) is 220 Å². The molecule has 0 aromatic rings. The van der Waals surface area contributed by atoms with Crippen molar-refractivity contribution in [3.8, 4) is 0 Å². The number of methoxy groups -OCH3 is 2. The average molecular weight is 1360 g/mol. The summed E-state index contributed by atoms with van der Waals surface area (Å²) >= 11 is 0. The fraction of sp³-hybridized carbons (Fsp3) is 0.926. The Kier molecular flexibility index (Phi) is 51.7. The van der Waals surface area contributed by atoms with E-state index >= 15 is 0 Å². The monoisotopic (exact) mass is 1360 g/mol. The summed E-state index contributed by atoms with van der Waals surface area (Å²) in [6, 6.07) is -1.27. The summed E-state index contributed by atoms with van der Waals surface area (Å²) in [6.45, 7) is 6.97. The summed E-state index contributed by atoms with van der Waals surface area (Å²) in [5, 5.41) is 15.2. The van der Waals surface area contributed by atoms with Gasteiger partial charge in [-0.05, 0) is 57.8 Å². The minimum absolute atomic E-state index is 0.000670. The van der Waals surface area contributed by atoms with E-state index in [-0.39, 0.29) is 44.5 Å². The largest absolute Gasteiger partial charge is 0.470 e. The third-order valence-electron chi connectivity index (χ3n) is 17.1. The Labute approximate surface area is 554 Å². The number of amides is 1. The summed E-state index contributed by atoms with van der Waals surface area (Å²) in [6.07, 6.45) is 28.7. The van der Waals surface area contributed by atoms with E-state index in [4.69, 9.17) is 47.2 Å². The Morgan fingerprint density at radius 1 is 0.489 bits per heavy atom. The number of ketones is 1. The molecule has 2 aliphatic heterocycles. The van der Waals surface area contributed by atoms with Crippen LogP contribution < -0.4 is 5.32 Å². The first-order chi connectivity index (χ1) is 44.4. The SMILES string of the molecule is CCCCCCC=CCCCCCCCCCC(=O)O[C@H]1[C@H](OC[C@H]2O[C@H](OCCOP(=O)(O)O)[C@H](NC(=O)CC(=O)CCCCCCCCCCC)[C@@H](OCCCCCCCCCC)[C@@H]2O)O[C@H](COC)[C@@H](OP(=O)(O)O)[C@@H]1OCC[C@@H](CCCCCCC)OC. The van der Waals surface area contributed by atoms with E-state index in [9.17, 15) is 48.2 Å². The minimum Gasteiger partial charge on any atom is -0.454 e. The van der Waals surface area contributed by atoms with E-state index in [1.807, 2.05) is 0 Å². The highest BCUT2D eigenvalue weighted by Gasteiger charge is 2.54. The van der Waals surface area contributed by atoms with Crippen LogP contribution in [-0.4, -0.2) is 164 Å². The Morgan fingerprint density at radius 3 is 1.53 bits per heavy atom. The van der Waals surface area contributed by atoms with E-state index < -0.39 is 115 Å².